The number of aromatic nitrogens is 4. The van der Waals surface area contributed by atoms with E-state index in [0.717, 1.165) is 6.26 Å². The third-order valence-corrected chi connectivity index (χ3v) is 7.99. The molecule has 228 valence electrons. The van der Waals surface area contributed by atoms with Crippen molar-refractivity contribution in [2.45, 2.75) is 76.2 Å². The average Bonchev–Trinajstić information content (AvgIpc) is 3.55. The van der Waals surface area contributed by atoms with Crippen LogP contribution in [0, 0.1) is 17.8 Å². The molecule has 0 radical (unpaired) electrons. The average molecular weight is 601 g/mol. The molecule has 15 heteroatoms. The largest absolute Gasteiger partial charge is 0.393 e. The standard InChI is InChI=1S/C27H30F6N6O3/c1-25(2,28)22-18(13-42-38-22)24(41)36-21(14-5-7-26(29,30)8-6-14)19-12-39-20(35-19)4-3-17(37-39)10-15-9-16(27(31,32)33)11-34-23(15)40/h3-4,12-16,21H,5-11H2,1-2H3,(H,34,40)(H,36,41)/t15?,16-,21?/m1/s1. The summed E-state index contributed by atoms with van der Waals surface area (Å²) in [6, 6.07) is 2.28. The molecule has 2 unspecified atom stereocenters. The second kappa shape index (κ2) is 10.9. The molecular formula is C27H30F6N6O3. The maximum atomic E-state index is 14.6. The summed E-state index contributed by atoms with van der Waals surface area (Å²) in [5, 5.41) is 13.1. The summed E-state index contributed by atoms with van der Waals surface area (Å²) in [5.74, 6) is -7.02. The molecular weight excluding hydrogens is 570 g/mol. The Labute approximate surface area is 236 Å². The van der Waals surface area contributed by atoms with Gasteiger partial charge in [-0.15, -0.1) is 0 Å². The van der Waals surface area contributed by atoms with Crippen molar-refractivity contribution in [3.63, 3.8) is 0 Å². The van der Waals surface area contributed by atoms with Crippen LogP contribution < -0.4 is 10.6 Å². The molecule has 2 N–H and O–H groups in total. The number of hydrogen-bond donors (Lipinski definition) is 2. The van der Waals surface area contributed by atoms with Crippen molar-refractivity contribution < 1.29 is 40.5 Å². The van der Waals surface area contributed by atoms with Gasteiger partial charge in [0.05, 0.1) is 29.5 Å². The first kappa shape index (κ1) is 29.8. The molecule has 0 aromatic carbocycles. The lowest BCUT2D eigenvalue weighted by Gasteiger charge is -2.33. The van der Waals surface area contributed by atoms with E-state index in [9.17, 15) is 35.9 Å². The highest BCUT2D eigenvalue weighted by molar-refractivity contribution is 5.95. The third-order valence-electron chi connectivity index (χ3n) is 7.99. The number of nitrogens with one attached hydrogen (secondary N) is 2. The SMILES string of the molecule is CC(C)(F)c1nocc1C(=O)NC(c1cn2nc(CC3C[C@@H](C(F)(F)F)CNC3=O)ccc2n1)C1CCC(F)(F)CC1. The number of imidazole rings is 1. The summed E-state index contributed by atoms with van der Waals surface area (Å²) in [6.45, 7) is 1.97. The van der Waals surface area contributed by atoms with Gasteiger partial charge in [0, 0.05) is 31.7 Å². The molecule has 42 heavy (non-hydrogen) atoms. The van der Waals surface area contributed by atoms with Crippen LogP contribution in [-0.2, 0) is 16.9 Å². The van der Waals surface area contributed by atoms with Crippen LogP contribution >= 0.6 is 0 Å². The van der Waals surface area contributed by atoms with Crippen LogP contribution in [0.3, 0.4) is 0 Å². The lowest BCUT2D eigenvalue weighted by atomic mass is 9.81. The number of nitrogens with zero attached hydrogens (tertiary/aromatic N) is 4. The second-order valence-electron chi connectivity index (χ2n) is 11.6. The Balaban J connectivity index is 1.41. The fourth-order valence-electron chi connectivity index (χ4n) is 5.65. The van der Waals surface area contributed by atoms with Gasteiger partial charge in [-0.3, -0.25) is 9.59 Å². The maximum Gasteiger partial charge on any atom is 0.393 e. The monoisotopic (exact) mass is 600 g/mol. The van der Waals surface area contributed by atoms with E-state index in [1.165, 1.54) is 24.6 Å². The molecule has 1 aliphatic heterocycles. The zero-order valence-electron chi connectivity index (χ0n) is 22.8. The number of carbonyl (C=O) groups excluding carboxylic acids is 2. The molecule has 1 saturated heterocycles. The number of piperidine rings is 1. The van der Waals surface area contributed by atoms with Gasteiger partial charge in [-0.25, -0.2) is 22.7 Å². The summed E-state index contributed by atoms with van der Waals surface area (Å²) in [7, 11) is 0. The Morgan fingerprint density at radius 3 is 2.60 bits per heavy atom. The summed E-state index contributed by atoms with van der Waals surface area (Å²) >= 11 is 0. The fourth-order valence-corrected chi connectivity index (χ4v) is 5.65. The highest BCUT2D eigenvalue weighted by Gasteiger charge is 2.45. The smallest absolute Gasteiger partial charge is 0.364 e. The number of halogens is 6. The van der Waals surface area contributed by atoms with Crippen LogP contribution in [0.1, 0.15) is 79.4 Å². The number of hydrogen-bond acceptors (Lipinski definition) is 6. The van der Waals surface area contributed by atoms with Crippen LogP contribution in [0.4, 0.5) is 26.3 Å². The van der Waals surface area contributed by atoms with Gasteiger partial charge >= 0.3 is 6.18 Å². The molecule has 9 nitrogen and oxygen atoms in total. The van der Waals surface area contributed by atoms with Crippen molar-refractivity contribution >= 4 is 17.5 Å². The van der Waals surface area contributed by atoms with E-state index in [1.54, 1.807) is 12.1 Å². The van der Waals surface area contributed by atoms with E-state index in [0.29, 0.717) is 17.0 Å². The molecule has 2 aliphatic rings. The Morgan fingerprint density at radius 2 is 1.93 bits per heavy atom. The molecule has 5 rings (SSSR count). The minimum absolute atomic E-state index is 0.0327. The van der Waals surface area contributed by atoms with Crippen LogP contribution in [0.15, 0.2) is 29.1 Å². The van der Waals surface area contributed by atoms with E-state index in [-0.39, 0.29) is 49.8 Å². The maximum absolute atomic E-state index is 14.6. The van der Waals surface area contributed by atoms with Crippen LogP contribution in [0.25, 0.3) is 5.65 Å². The molecule has 4 heterocycles. The van der Waals surface area contributed by atoms with Gasteiger partial charge in [0.15, 0.2) is 11.3 Å². The molecule has 0 spiro atoms. The van der Waals surface area contributed by atoms with E-state index in [1.807, 2.05) is 0 Å². The van der Waals surface area contributed by atoms with Gasteiger partial charge in [0.1, 0.15) is 17.5 Å². The molecule has 2 amide bonds. The van der Waals surface area contributed by atoms with E-state index >= 15 is 0 Å². The molecule has 3 atom stereocenters. The number of amides is 2. The zero-order valence-corrected chi connectivity index (χ0v) is 22.8. The second-order valence-corrected chi connectivity index (χ2v) is 11.6. The quantitative estimate of drug-likeness (QED) is 0.366. The van der Waals surface area contributed by atoms with Crippen molar-refractivity contribution in [2.24, 2.45) is 17.8 Å². The molecule has 2 fully saturated rings. The number of alkyl halides is 6. The van der Waals surface area contributed by atoms with Crippen LogP contribution in [-0.4, -0.2) is 50.2 Å². The van der Waals surface area contributed by atoms with Gasteiger partial charge in [-0.1, -0.05) is 5.16 Å². The summed E-state index contributed by atoms with van der Waals surface area (Å²) in [6.07, 6.45) is -2.88. The summed E-state index contributed by atoms with van der Waals surface area (Å²) in [4.78, 5) is 30.1. The lowest BCUT2D eigenvalue weighted by Crippen LogP contribution is -2.47. The van der Waals surface area contributed by atoms with Crippen LogP contribution in [0.2, 0.25) is 0 Å². The lowest BCUT2D eigenvalue weighted by molar-refractivity contribution is -0.183. The zero-order chi connectivity index (χ0) is 30.4. The van der Waals surface area contributed by atoms with E-state index < -0.39 is 59.9 Å². The normalized spacial score (nSPS) is 22.6. The first-order valence-electron chi connectivity index (χ1n) is 13.6. The van der Waals surface area contributed by atoms with Crippen molar-refractivity contribution in [1.29, 1.82) is 0 Å². The molecule has 3 aromatic heterocycles. The highest BCUT2D eigenvalue weighted by Crippen LogP contribution is 2.42. The summed E-state index contributed by atoms with van der Waals surface area (Å²) in [5.41, 5.74) is -1.33. The van der Waals surface area contributed by atoms with E-state index in [4.69, 9.17) is 4.52 Å². The predicted molar refractivity (Wildman–Crippen MR) is 135 cm³/mol. The molecule has 1 saturated carbocycles. The predicted octanol–water partition coefficient (Wildman–Crippen LogP) is 5.08. The van der Waals surface area contributed by atoms with Crippen molar-refractivity contribution in [2.75, 3.05) is 6.54 Å². The fraction of sp³-hybridized carbons (Fsp3) is 0.593. The molecule has 3 aromatic rings. The van der Waals surface area contributed by atoms with Crippen molar-refractivity contribution in [3.05, 3.63) is 47.2 Å². The first-order chi connectivity index (χ1) is 19.6. The van der Waals surface area contributed by atoms with Gasteiger partial charge in [-0.2, -0.15) is 18.3 Å². The topological polar surface area (TPSA) is 114 Å². The Kier molecular flexibility index (Phi) is 7.73. The van der Waals surface area contributed by atoms with E-state index in [2.05, 4.69) is 25.9 Å². The first-order valence-corrected chi connectivity index (χ1v) is 13.6. The number of rotatable bonds is 7. The minimum atomic E-state index is -4.43. The highest BCUT2D eigenvalue weighted by atomic mass is 19.4. The minimum Gasteiger partial charge on any atom is -0.364 e. The van der Waals surface area contributed by atoms with Crippen LogP contribution in [0.5, 0.6) is 0 Å². The number of carbonyl (C=O) groups is 2. The number of fused-ring (bicyclic) bond motifs is 1. The molecule has 0 bridgehead atoms. The van der Waals surface area contributed by atoms with Crippen molar-refractivity contribution in [3.8, 4) is 0 Å². The van der Waals surface area contributed by atoms with Gasteiger partial charge < -0.3 is 15.2 Å². The Bertz CT molecular complexity index is 1450. The Hall–Kier alpha value is -3.65. The third kappa shape index (κ3) is 6.38. The van der Waals surface area contributed by atoms with Gasteiger partial charge in [-0.05, 0) is 51.2 Å². The molecule has 1 aliphatic carbocycles. The summed E-state index contributed by atoms with van der Waals surface area (Å²) < 4.78 is 88.5. The Morgan fingerprint density at radius 1 is 1.21 bits per heavy atom. The van der Waals surface area contributed by atoms with Gasteiger partial charge in [0.2, 0.25) is 11.8 Å². The van der Waals surface area contributed by atoms with Gasteiger partial charge in [0.25, 0.3) is 5.91 Å². The van der Waals surface area contributed by atoms with Crippen molar-refractivity contribution in [1.82, 2.24) is 30.4 Å².